The van der Waals surface area contributed by atoms with E-state index in [1.807, 2.05) is 18.2 Å². The quantitative estimate of drug-likeness (QED) is 0.628. The zero-order valence-electron chi connectivity index (χ0n) is 9.72. The van der Waals surface area contributed by atoms with E-state index >= 15 is 0 Å². The van der Waals surface area contributed by atoms with Gasteiger partial charge in [0.15, 0.2) is 0 Å². The minimum Gasteiger partial charge on any atom is -0.399 e. The van der Waals surface area contributed by atoms with Gasteiger partial charge in [-0.3, -0.25) is 0 Å². The second kappa shape index (κ2) is 3.67. The number of nitrogens with zero attached hydrogens (tertiary/aromatic N) is 1. The van der Waals surface area contributed by atoms with Gasteiger partial charge >= 0.3 is 0 Å². The molecular weight excluding hydrogens is 208 g/mol. The molecule has 17 heavy (non-hydrogen) atoms. The molecule has 0 saturated carbocycles. The van der Waals surface area contributed by atoms with Crippen LogP contribution in [0.3, 0.4) is 0 Å². The van der Waals surface area contributed by atoms with Gasteiger partial charge in [-0.2, -0.15) is 0 Å². The Morgan fingerprint density at radius 3 is 2.53 bits per heavy atom. The highest BCUT2D eigenvalue weighted by Crippen LogP contribution is 2.31. The van der Waals surface area contributed by atoms with Crippen LogP contribution in [-0.4, -0.2) is 4.57 Å². The Labute approximate surface area is 100 Å². The average Bonchev–Trinajstić information content (AvgIpc) is 2.67. The maximum atomic E-state index is 5.87. The van der Waals surface area contributed by atoms with Crippen molar-refractivity contribution in [2.75, 3.05) is 5.73 Å². The van der Waals surface area contributed by atoms with Crippen molar-refractivity contribution >= 4 is 16.6 Å². The van der Waals surface area contributed by atoms with Crippen LogP contribution in [0, 0.1) is 0 Å². The first-order valence-corrected chi connectivity index (χ1v) is 5.66. The number of fused-ring (bicyclic) bond motifs is 1. The van der Waals surface area contributed by atoms with Crippen LogP contribution in [-0.2, 0) is 7.05 Å². The molecule has 0 atom stereocenters. The minimum absolute atomic E-state index is 0.806. The van der Waals surface area contributed by atoms with Crippen LogP contribution in [0.4, 0.5) is 5.69 Å². The largest absolute Gasteiger partial charge is 0.399 e. The summed E-state index contributed by atoms with van der Waals surface area (Å²) in [5.74, 6) is 0. The highest BCUT2D eigenvalue weighted by atomic mass is 14.9. The highest BCUT2D eigenvalue weighted by Gasteiger charge is 2.08. The molecule has 2 aromatic carbocycles. The van der Waals surface area contributed by atoms with Crippen molar-refractivity contribution in [1.82, 2.24) is 4.57 Å². The molecule has 0 saturated heterocycles. The maximum Gasteiger partial charge on any atom is 0.0485 e. The lowest BCUT2D eigenvalue weighted by Crippen LogP contribution is -1.85. The molecule has 0 aliphatic carbocycles. The Balaban J connectivity index is 2.34. The molecule has 2 nitrogen and oxygen atoms in total. The highest BCUT2D eigenvalue weighted by molar-refractivity contribution is 5.97. The fourth-order valence-electron chi connectivity index (χ4n) is 2.26. The zero-order chi connectivity index (χ0) is 11.8. The first-order valence-electron chi connectivity index (χ1n) is 5.66. The maximum absolute atomic E-state index is 5.87. The standard InChI is InChI=1S/C15H14N2/c1-17-10-14(11-5-3-2-4-6-11)13-9-12(16)7-8-15(13)17/h2-10H,16H2,1H3. The van der Waals surface area contributed by atoms with E-state index < -0.39 is 0 Å². The van der Waals surface area contributed by atoms with Crippen molar-refractivity contribution in [2.24, 2.45) is 7.05 Å². The first kappa shape index (κ1) is 9.97. The number of benzene rings is 2. The molecule has 1 aromatic heterocycles. The normalized spacial score (nSPS) is 10.9. The van der Waals surface area contributed by atoms with Gasteiger partial charge in [-0.15, -0.1) is 0 Å². The van der Waals surface area contributed by atoms with E-state index in [0.29, 0.717) is 0 Å². The number of hydrogen-bond acceptors (Lipinski definition) is 1. The fraction of sp³-hybridized carbons (Fsp3) is 0.0667. The van der Waals surface area contributed by atoms with E-state index in [9.17, 15) is 0 Å². The summed E-state index contributed by atoms with van der Waals surface area (Å²) in [7, 11) is 2.06. The molecular formula is C15H14N2. The molecule has 0 aliphatic heterocycles. The Kier molecular flexibility index (Phi) is 2.15. The molecule has 0 amide bonds. The minimum atomic E-state index is 0.806. The zero-order valence-corrected chi connectivity index (χ0v) is 9.72. The van der Waals surface area contributed by atoms with E-state index in [1.54, 1.807) is 0 Å². The van der Waals surface area contributed by atoms with E-state index in [4.69, 9.17) is 5.73 Å². The third-order valence-corrected chi connectivity index (χ3v) is 3.10. The van der Waals surface area contributed by atoms with Crippen LogP contribution >= 0.6 is 0 Å². The van der Waals surface area contributed by atoms with Crippen LogP contribution in [0.5, 0.6) is 0 Å². The number of aromatic nitrogens is 1. The van der Waals surface area contributed by atoms with E-state index in [1.165, 1.54) is 22.0 Å². The predicted octanol–water partition coefficient (Wildman–Crippen LogP) is 3.43. The molecule has 0 fully saturated rings. The molecule has 0 spiro atoms. The molecule has 0 radical (unpaired) electrons. The molecule has 2 N–H and O–H groups in total. The SMILES string of the molecule is Cn1cc(-c2ccccc2)c2cc(N)ccc21. The Morgan fingerprint density at radius 2 is 1.76 bits per heavy atom. The van der Waals surface area contributed by atoms with Gasteiger partial charge in [0.2, 0.25) is 0 Å². The van der Waals surface area contributed by atoms with E-state index in [2.05, 4.69) is 48.1 Å². The van der Waals surface area contributed by atoms with Crippen LogP contribution in [0.1, 0.15) is 0 Å². The van der Waals surface area contributed by atoms with Crippen molar-refractivity contribution in [3.05, 3.63) is 54.7 Å². The van der Waals surface area contributed by atoms with Gasteiger partial charge in [0.05, 0.1) is 0 Å². The van der Waals surface area contributed by atoms with Gasteiger partial charge in [0.1, 0.15) is 0 Å². The summed E-state index contributed by atoms with van der Waals surface area (Å²) >= 11 is 0. The third kappa shape index (κ3) is 1.58. The van der Waals surface area contributed by atoms with Gasteiger partial charge in [-0.05, 0) is 23.8 Å². The van der Waals surface area contributed by atoms with Crippen LogP contribution in [0.25, 0.3) is 22.0 Å². The Bertz CT molecular complexity index is 666. The molecule has 1 heterocycles. The monoisotopic (exact) mass is 222 g/mol. The second-order valence-corrected chi connectivity index (χ2v) is 4.30. The second-order valence-electron chi connectivity index (χ2n) is 4.30. The van der Waals surface area contributed by atoms with E-state index in [0.717, 1.165) is 5.69 Å². The van der Waals surface area contributed by atoms with Gasteiger partial charge in [-0.25, -0.2) is 0 Å². The van der Waals surface area contributed by atoms with Gasteiger partial charge in [-0.1, -0.05) is 30.3 Å². The molecule has 84 valence electrons. The lowest BCUT2D eigenvalue weighted by atomic mass is 10.0. The van der Waals surface area contributed by atoms with Gasteiger partial charge in [0.25, 0.3) is 0 Å². The van der Waals surface area contributed by atoms with Crippen molar-refractivity contribution in [1.29, 1.82) is 0 Å². The van der Waals surface area contributed by atoms with Crippen LogP contribution < -0.4 is 5.73 Å². The molecule has 2 heteroatoms. The fourth-order valence-corrected chi connectivity index (χ4v) is 2.26. The summed E-state index contributed by atoms with van der Waals surface area (Å²) in [4.78, 5) is 0. The number of anilines is 1. The number of rotatable bonds is 1. The Morgan fingerprint density at radius 1 is 1.00 bits per heavy atom. The van der Waals surface area contributed by atoms with Crippen LogP contribution in [0.15, 0.2) is 54.7 Å². The van der Waals surface area contributed by atoms with Crippen molar-refractivity contribution in [2.45, 2.75) is 0 Å². The number of nitrogens with two attached hydrogens (primary N) is 1. The van der Waals surface area contributed by atoms with Gasteiger partial charge in [0, 0.05) is 35.4 Å². The molecule has 3 rings (SSSR count). The summed E-state index contributed by atoms with van der Waals surface area (Å²) in [5, 5.41) is 1.21. The van der Waals surface area contributed by atoms with Crippen molar-refractivity contribution in [3.8, 4) is 11.1 Å². The van der Waals surface area contributed by atoms with Gasteiger partial charge < -0.3 is 10.3 Å². The van der Waals surface area contributed by atoms with Crippen molar-refractivity contribution < 1.29 is 0 Å². The van der Waals surface area contributed by atoms with Crippen molar-refractivity contribution in [3.63, 3.8) is 0 Å². The topological polar surface area (TPSA) is 30.9 Å². The van der Waals surface area contributed by atoms with Crippen LogP contribution in [0.2, 0.25) is 0 Å². The number of hydrogen-bond donors (Lipinski definition) is 1. The molecule has 0 unspecified atom stereocenters. The lowest BCUT2D eigenvalue weighted by molar-refractivity contribution is 0.970. The Hall–Kier alpha value is -2.22. The molecule has 0 bridgehead atoms. The molecule has 0 aliphatic rings. The third-order valence-electron chi connectivity index (χ3n) is 3.10. The smallest absolute Gasteiger partial charge is 0.0485 e. The summed E-state index contributed by atoms with van der Waals surface area (Å²) in [6.45, 7) is 0. The lowest BCUT2D eigenvalue weighted by Gasteiger charge is -2.00. The van der Waals surface area contributed by atoms with E-state index in [-0.39, 0.29) is 0 Å². The number of aryl methyl sites for hydroxylation is 1. The summed E-state index contributed by atoms with van der Waals surface area (Å²) in [5.41, 5.74) is 10.3. The predicted molar refractivity (Wildman–Crippen MR) is 72.8 cm³/mol. The molecule has 3 aromatic rings. The number of nitrogen functional groups attached to an aromatic ring is 1. The summed E-state index contributed by atoms with van der Waals surface area (Å²) < 4.78 is 2.14. The summed E-state index contributed by atoms with van der Waals surface area (Å²) in [6.07, 6.45) is 2.15. The average molecular weight is 222 g/mol. The summed E-state index contributed by atoms with van der Waals surface area (Å²) in [6, 6.07) is 16.4. The first-order chi connectivity index (χ1) is 8.25.